The first-order valence-corrected chi connectivity index (χ1v) is 11.9. The Hall–Kier alpha value is -3.65. The zero-order valence-corrected chi connectivity index (χ0v) is 19.6. The summed E-state index contributed by atoms with van der Waals surface area (Å²) in [5, 5.41) is 2.74. The fraction of sp³-hybridized carbons (Fsp3) is 0.200. The third-order valence-electron chi connectivity index (χ3n) is 5.27. The Bertz CT molecular complexity index is 1260. The number of nitrogens with zero attached hydrogens (tertiary/aromatic N) is 1. The van der Waals surface area contributed by atoms with E-state index in [1.54, 1.807) is 55.5 Å². The number of benzene rings is 3. The Labute approximate surface area is 194 Å². The minimum atomic E-state index is -4.01. The molecule has 1 amide bonds. The van der Waals surface area contributed by atoms with Crippen LogP contribution >= 0.6 is 0 Å². The lowest BCUT2D eigenvalue weighted by Crippen LogP contribution is -2.38. The van der Waals surface area contributed by atoms with Gasteiger partial charge in [-0.2, -0.15) is 0 Å². The molecule has 0 unspecified atom stereocenters. The molecule has 3 aromatic carbocycles. The van der Waals surface area contributed by atoms with Crippen molar-refractivity contribution in [3.8, 4) is 0 Å². The van der Waals surface area contributed by atoms with E-state index < -0.39 is 28.4 Å². The fourth-order valence-corrected chi connectivity index (χ4v) is 4.97. The van der Waals surface area contributed by atoms with Gasteiger partial charge in [0.25, 0.3) is 10.0 Å². The molecule has 0 saturated heterocycles. The summed E-state index contributed by atoms with van der Waals surface area (Å²) < 4.78 is 32.9. The highest BCUT2D eigenvalue weighted by atomic mass is 32.2. The molecular formula is C25H26N2O5S. The van der Waals surface area contributed by atoms with Crippen molar-refractivity contribution in [3.63, 3.8) is 0 Å². The van der Waals surface area contributed by atoms with Crippen molar-refractivity contribution in [3.05, 3.63) is 89.5 Å². The SMILES string of the molecule is CCc1ccccc1N(CC(=O)Nc1cccc(C(=O)OC)c1C)S(=O)(=O)c1ccccc1. The van der Waals surface area contributed by atoms with Crippen molar-refractivity contribution < 1.29 is 22.7 Å². The number of amides is 1. The monoisotopic (exact) mass is 466 g/mol. The highest BCUT2D eigenvalue weighted by Crippen LogP contribution is 2.28. The summed E-state index contributed by atoms with van der Waals surface area (Å²) in [5.74, 6) is -1.06. The molecule has 0 aliphatic rings. The van der Waals surface area contributed by atoms with Crippen LogP contribution in [0.1, 0.15) is 28.4 Å². The van der Waals surface area contributed by atoms with Crippen LogP contribution in [-0.2, 0) is 26.0 Å². The van der Waals surface area contributed by atoms with Gasteiger partial charge < -0.3 is 10.1 Å². The zero-order chi connectivity index (χ0) is 24.0. The number of hydrogen-bond donors (Lipinski definition) is 1. The molecule has 0 aliphatic carbocycles. The summed E-state index contributed by atoms with van der Waals surface area (Å²) in [4.78, 5) is 25.1. The second-order valence-corrected chi connectivity index (χ2v) is 9.19. The number of methoxy groups -OCH3 is 1. The Morgan fingerprint density at radius 1 is 0.939 bits per heavy atom. The number of anilines is 2. The number of carbonyl (C=O) groups is 2. The van der Waals surface area contributed by atoms with Crippen molar-refractivity contribution in [1.82, 2.24) is 0 Å². The molecule has 0 spiro atoms. The van der Waals surface area contributed by atoms with Crippen LogP contribution in [0.15, 0.2) is 77.7 Å². The number of sulfonamides is 1. The van der Waals surface area contributed by atoms with Crippen LogP contribution in [-0.4, -0.2) is 33.9 Å². The molecule has 0 aliphatic heterocycles. The number of nitrogens with one attached hydrogen (secondary N) is 1. The minimum Gasteiger partial charge on any atom is -0.465 e. The minimum absolute atomic E-state index is 0.0903. The van der Waals surface area contributed by atoms with E-state index in [0.29, 0.717) is 28.9 Å². The lowest BCUT2D eigenvalue weighted by Gasteiger charge is -2.26. The number of para-hydroxylation sites is 1. The molecule has 8 heteroatoms. The molecule has 0 fully saturated rings. The molecule has 0 radical (unpaired) electrons. The maximum atomic E-state index is 13.5. The maximum Gasteiger partial charge on any atom is 0.338 e. The quantitative estimate of drug-likeness (QED) is 0.503. The predicted octanol–water partition coefficient (Wildman–Crippen LogP) is 4.18. The van der Waals surface area contributed by atoms with E-state index >= 15 is 0 Å². The largest absolute Gasteiger partial charge is 0.465 e. The fourth-order valence-electron chi connectivity index (χ4n) is 3.49. The van der Waals surface area contributed by atoms with Gasteiger partial charge in [-0.15, -0.1) is 0 Å². The summed E-state index contributed by atoms with van der Waals surface area (Å²) in [6, 6.07) is 20.0. The van der Waals surface area contributed by atoms with E-state index in [9.17, 15) is 18.0 Å². The number of aryl methyl sites for hydroxylation is 1. The van der Waals surface area contributed by atoms with Gasteiger partial charge in [0.2, 0.25) is 5.91 Å². The second kappa shape index (κ2) is 10.3. The Morgan fingerprint density at radius 3 is 2.27 bits per heavy atom. The van der Waals surface area contributed by atoms with Gasteiger partial charge in [-0.25, -0.2) is 13.2 Å². The summed E-state index contributed by atoms with van der Waals surface area (Å²) in [5.41, 5.74) is 2.50. The number of esters is 1. The molecule has 3 rings (SSSR count). The number of carbonyl (C=O) groups excluding carboxylic acids is 2. The lowest BCUT2D eigenvalue weighted by molar-refractivity contribution is -0.114. The molecule has 3 aromatic rings. The smallest absolute Gasteiger partial charge is 0.338 e. The van der Waals surface area contributed by atoms with E-state index in [1.165, 1.54) is 19.2 Å². The van der Waals surface area contributed by atoms with Crippen LogP contribution in [0.5, 0.6) is 0 Å². The molecule has 0 bridgehead atoms. The Balaban J connectivity index is 1.98. The summed E-state index contributed by atoms with van der Waals surface area (Å²) >= 11 is 0. The van der Waals surface area contributed by atoms with Crippen LogP contribution < -0.4 is 9.62 Å². The van der Waals surface area contributed by atoms with E-state index in [1.807, 2.05) is 19.1 Å². The van der Waals surface area contributed by atoms with Gasteiger partial charge in [0.1, 0.15) is 6.54 Å². The van der Waals surface area contributed by atoms with Crippen LogP contribution in [0.3, 0.4) is 0 Å². The Morgan fingerprint density at radius 2 is 1.61 bits per heavy atom. The molecular weight excluding hydrogens is 440 g/mol. The summed E-state index contributed by atoms with van der Waals surface area (Å²) in [7, 11) is -2.73. The van der Waals surface area contributed by atoms with Crippen molar-refractivity contribution in [2.45, 2.75) is 25.2 Å². The van der Waals surface area contributed by atoms with Gasteiger partial charge in [-0.1, -0.05) is 49.4 Å². The van der Waals surface area contributed by atoms with Gasteiger partial charge in [0.15, 0.2) is 0 Å². The number of hydrogen-bond acceptors (Lipinski definition) is 5. The lowest BCUT2D eigenvalue weighted by atomic mass is 10.1. The molecule has 33 heavy (non-hydrogen) atoms. The average Bonchev–Trinajstić information content (AvgIpc) is 2.83. The highest BCUT2D eigenvalue weighted by Gasteiger charge is 2.28. The summed E-state index contributed by atoms with van der Waals surface area (Å²) in [6.07, 6.45) is 0.596. The molecule has 0 aromatic heterocycles. The molecule has 0 atom stereocenters. The highest BCUT2D eigenvalue weighted by molar-refractivity contribution is 7.92. The molecule has 172 valence electrons. The van der Waals surface area contributed by atoms with Gasteiger partial charge in [0.05, 0.1) is 23.3 Å². The van der Waals surface area contributed by atoms with Gasteiger partial charge in [0, 0.05) is 5.69 Å². The van der Waals surface area contributed by atoms with Gasteiger partial charge in [-0.3, -0.25) is 9.10 Å². The predicted molar refractivity (Wildman–Crippen MR) is 128 cm³/mol. The van der Waals surface area contributed by atoms with Gasteiger partial charge >= 0.3 is 5.97 Å². The number of rotatable bonds is 8. The van der Waals surface area contributed by atoms with Crippen LogP contribution in [0.4, 0.5) is 11.4 Å². The third-order valence-corrected chi connectivity index (χ3v) is 7.05. The first-order valence-electron chi connectivity index (χ1n) is 10.4. The van der Waals surface area contributed by atoms with Crippen molar-refractivity contribution >= 4 is 33.3 Å². The zero-order valence-electron chi connectivity index (χ0n) is 18.7. The summed E-state index contributed by atoms with van der Waals surface area (Å²) in [6.45, 7) is 3.18. The molecule has 0 saturated carbocycles. The van der Waals surface area contributed by atoms with Crippen molar-refractivity contribution in [2.75, 3.05) is 23.3 Å². The molecule has 7 nitrogen and oxygen atoms in total. The Kier molecular flexibility index (Phi) is 7.50. The number of ether oxygens (including phenoxy) is 1. The second-order valence-electron chi connectivity index (χ2n) is 7.32. The average molecular weight is 467 g/mol. The first-order chi connectivity index (χ1) is 15.8. The van der Waals surface area contributed by atoms with Crippen molar-refractivity contribution in [2.24, 2.45) is 0 Å². The van der Waals surface area contributed by atoms with Gasteiger partial charge in [-0.05, 0) is 54.8 Å². The first kappa shape index (κ1) is 24.0. The maximum absolute atomic E-state index is 13.5. The van der Waals surface area contributed by atoms with Crippen molar-refractivity contribution in [1.29, 1.82) is 0 Å². The van der Waals surface area contributed by atoms with E-state index in [2.05, 4.69) is 5.32 Å². The van der Waals surface area contributed by atoms with E-state index in [0.717, 1.165) is 9.87 Å². The standard InChI is InChI=1S/C25H26N2O5S/c1-4-19-11-8-9-16-23(19)27(33(30,31)20-12-6-5-7-13-20)17-24(28)26-22-15-10-14-21(18(22)2)25(29)32-3/h5-16H,4,17H2,1-3H3,(H,26,28). The van der Waals surface area contributed by atoms with Crippen LogP contribution in [0, 0.1) is 6.92 Å². The van der Waals surface area contributed by atoms with Crippen LogP contribution in [0.25, 0.3) is 0 Å². The topological polar surface area (TPSA) is 92.8 Å². The third kappa shape index (κ3) is 5.23. The van der Waals surface area contributed by atoms with E-state index in [4.69, 9.17) is 4.74 Å². The van der Waals surface area contributed by atoms with E-state index in [-0.39, 0.29) is 4.90 Å². The molecule has 0 heterocycles. The van der Waals surface area contributed by atoms with Crippen LogP contribution in [0.2, 0.25) is 0 Å². The molecule has 1 N–H and O–H groups in total. The normalized spacial score (nSPS) is 11.0.